The van der Waals surface area contributed by atoms with Crippen molar-refractivity contribution < 1.29 is 14.3 Å². The van der Waals surface area contributed by atoms with Gasteiger partial charge in [0.2, 0.25) is 0 Å². The van der Waals surface area contributed by atoms with E-state index in [1.54, 1.807) is 6.92 Å². The number of ether oxygens (including phenoxy) is 2. The maximum absolute atomic E-state index is 12.2. The summed E-state index contributed by atoms with van der Waals surface area (Å²) in [5.74, 6) is 1.44. The third-order valence-electron chi connectivity index (χ3n) is 4.01. The lowest BCUT2D eigenvalue weighted by Gasteiger charge is -2.17. The highest BCUT2D eigenvalue weighted by molar-refractivity contribution is 5.80. The van der Waals surface area contributed by atoms with Gasteiger partial charge in [-0.1, -0.05) is 29.8 Å². The molecule has 2 aromatic carbocycles. The molecule has 0 saturated heterocycles. The van der Waals surface area contributed by atoms with Crippen LogP contribution in [0.4, 0.5) is 0 Å². The molecular weight excluding hydrogens is 314 g/mol. The Balaban J connectivity index is 1.78. The van der Waals surface area contributed by atoms with Gasteiger partial charge in [-0.15, -0.1) is 0 Å². The molecule has 0 radical (unpaired) electrons. The molecule has 0 saturated carbocycles. The number of rotatable bonds is 7. The van der Waals surface area contributed by atoms with Crippen molar-refractivity contribution in [3.05, 3.63) is 58.7 Å². The second-order valence-corrected chi connectivity index (χ2v) is 6.44. The maximum Gasteiger partial charge on any atom is 0.260 e. The van der Waals surface area contributed by atoms with Gasteiger partial charge in [0.25, 0.3) is 5.91 Å². The molecule has 0 aliphatic heterocycles. The minimum Gasteiger partial charge on any atom is -0.491 e. The first kappa shape index (κ1) is 18.8. The standard InChI is InChI=1S/C21H27NO3/c1-14-7-9-19(17(4)12-14)25-18(5)21(23)22-10-11-24-20-13-15(2)6-8-16(20)3/h6-9,12-13,18H,10-11H2,1-5H3,(H,22,23)/t18-/m0/s1. The van der Waals surface area contributed by atoms with Gasteiger partial charge in [0.1, 0.15) is 18.1 Å². The van der Waals surface area contributed by atoms with Crippen LogP contribution in [0.15, 0.2) is 36.4 Å². The summed E-state index contributed by atoms with van der Waals surface area (Å²) >= 11 is 0. The van der Waals surface area contributed by atoms with Crippen LogP contribution >= 0.6 is 0 Å². The van der Waals surface area contributed by atoms with Gasteiger partial charge in [-0.05, 0) is 63.4 Å². The zero-order chi connectivity index (χ0) is 18.4. The Morgan fingerprint density at radius 3 is 2.36 bits per heavy atom. The van der Waals surface area contributed by atoms with Crippen molar-refractivity contribution in [3.8, 4) is 11.5 Å². The SMILES string of the molecule is Cc1ccc(O[C@@H](C)C(=O)NCCOc2cc(C)ccc2C)c(C)c1. The number of aryl methyl sites for hydroxylation is 4. The van der Waals surface area contributed by atoms with Crippen molar-refractivity contribution in [3.63, 3.8) is 0 Å². The summed E-state index contributed by atoms with van der Waals surface area (Å²) < 4.78 is 11.5. The topological polar surface area (TPSA) is 47.6 Å². The van der Waals surface area contributed by atoms with E-state index in [0.29, 0.717) is 13.2 Å². The first-order valence-corrected chi connectivity index (χ1v) is 8.58. The first-order chi connectivity index (χ1) is 11.9. The molecule has 0 aliphatic carbocycles. The van der Waals surface area contributed by atoms with Crippen LogP contribution in [-0.2, 0) is 4.79 Å². The van der Waals surface area contributed by atoms with E-state index >= 15 is 0 Å². The lowest BCUT2D eigenvalue weighted by atomic mass is 10.1. The number of amides is 1. The molecule has 0 heterocycles. The summed E-state index contributed by atoms with van der Waals surface area (Å²) in [7, 11) is 0. The van der Waals surface area contributed by atoms with E-state index in [-0.39, 0.29) is 5.91 Å². The fraction of sp³-hybridized carbons (Fsp3) is 0.381. The molecule has 25 heavy (non-hydrogen) atoms. The minimum atomic E-state index is -0.554. The average molecular weight is 341 g/mol. The molecule has 134 valence electrons. The highest BCUT2D eigenvalue weighted by Crippen LogP contribution is 2.20. The molecule has 0 spiro atoms. The van der Waals surface area contributed by atoms with Gasteiger partial charge in [-0.3, -0.25) is 4.79 Å². The Kier molecular flexibility index (Phi) is 6.45. The van der Waals surface area contributed by atoms with E-state index in [0.717, 1.165) is 28.2 Å². The van der Waals surface area contributed by atoms with Crippen molar-refractivity contribution >= 4 is 5.91 Å². The van der Waals surface area contributed by atoms with Crippen LogP contribution in [0.3, 0.4) is 0 Å². The summed E-state index contributed by atoms with van der Waals surface area (Å²) in [6.07, 6.45) is -0.554. The van der Waals surface area contributed by atoms with Crippen molar-refractivity contribution in [2.75, 3.05) is 13.2 Å². The normalized spacial score (nSPS) is 11.7. The maximum atomic E-state index is 12.2. The minimum absolute atomic E-state index is 0.149. The summed E-state index contributed by atoms with van der Waals surface area (Å²) in [6.45, 7) is 10.7. The van der Waals surface area contributed by atoms with Crippen molar-refractivity contribution in [1.82, 2.24) is 5.32 Å². The summed E-state index contributed by atoms with van der Waals surface area (Å²) in [5, 5.41) is 2.85. The predicted molar refractivity (Wildman–Crippen MR) is 100 cm³/mol. The monoisotopic (exact) mass is 341 g/mol. The Bertz CT molecular complexity index is 740. The highest BCUT2D eigenvalue weighted by atomic mass is 16.5. The molecule has 1 N–H and O–H groups in total. The fourth-order valence-corrected chi connectivity index (χ4v) is 2.52. The van der Waals surface area contributed by atoms with Crippen LogP contribution in [0.1, 0.15) is 29.2 Å². The lowest BCUT2D eigenvalue weighted by Crippen LogP contribution is -2.38. The lowest BCUT2D eigenvalue weighted by molar-refractivity contribution is -0.127. The summed E-state index contributed by atoms with van der Waals surface area (Å²) in [6, 6.07) is 12.0. The second-order valence-electron chi connectivity index (χ2n) is 6.44. The third kappa shape index (κ3) is 5.52. The molecule has 0 aromatic heterocycles. The van der Waals surface area contributed by atoms with Gasteiger partial charge in [0, 0.05) is 0 Å². The Morgan fingerprint density at radius 2 is 1.64 bits per heavy atom. The largest absolute Gasteiger partial charge is 0.491 e. The number of carbonyl (C=O) groups excluding carboxylic acids is 1. The molecule has 2 rings (SSSR count). The average Bonchev–Trinajstić information content (AvgIpc) is 2.56. The Morgan fingerprint density at radius 1 is 0.960 bits per heavy atom. The smallest absolute Gasteiger partial charge is 0.260 e. The molecular formula is C21H27NO3. The number of benzene rings is 2. The molecule has 0 bridgehead atoms. The number of nitrogens with one attached hydrogen (secondary N) is 1. The molecule has 1 atom stereocenters. The zero-order valence-electron chi connectivity index (χ0n) is 15.7. The van der Waals surface area contributed by atoms with Gasteiger partial charge in [-0.25, -0.2) is 0 Å². The van der Waals surface area contributed by atoms with Crippen molar-refractivity contribution in [2.45, 2.75) is 40.7 Å². The van der Waals surface area contributed by atoms with Crippen LogP contribution in [0.2, 0.25) is 0 Å². The van der Waals surface area contributed by atoms with Crippen LogP contribution in [-0.4, -0.2) is 25.2 Å². The van der Waals surface area contributed by atoms with E-state index in [1.165, 1.54) is 5.56 Å². The number of hydrogen-bond donors (Lipinski definition) is 1. The van der Waals surface area contributed by atoms with Gasteiger partial charge in [-0.2, -0.15) is 0 Å². The van der Waals surface area contributed by atoms with E-state index in [4.69, 9.17) is 9.47 Å². The molecule has 1 amide bonds. The van der Waals surface area contributed by atoms with Crippen LogP contribution in [0.5, 0.6) is 11.5 Å². The van der Waals surface area contributed by atoms with Gasteiger partial charge < -0.3 is 14.8 Å². The van der Waals surface area contributed by atoms with Crippen molar-refractivity contribution in [2.24, 2.45) is 0 Å². The van der Waals surface area contributed by atoms with Crippen LogP contribution < -0.4 is 14.8 Å². The van der Waals surface area contributed by atoms with Crippen molar-refractivity contribution in [1.29, 1.82) is 0 Å². The Hall–Kier alpha value is -2.49. The third-order valence-corrected chi connectivity index (χ3v) is 4.01. The van der Waals surface area contributed by atoms with Crippen LogP contribution in [0.25, 0.3) is 0 Å². The molecule has 4 nitrogen and oxygen atoms in total. The first-order valence-electron chi connectivity index (χ1n) is 8.58. The van der Waals surface area contributed by atoms with Crippen LogP contribution in [0, 0.1) is 27.7 Å². The predicted octanol–water partition coefficient (Wildman–Crippen LogP) is 3.88. The molecule has 2 aromatic rings. The summed E-state index contributed by atoms with van der Waals surface area (Å²) in [5.41, 5.74) is 4.44. The molecule has 0 unspecified atom stereocenters. The second kappa shape index (κ2) is 8.56. The zero-order valence-corrected chi connectivity index (χ0v) is 15.7. The molecule has 0 fully saturated rings. The summed E-state index contributed by atoms with van der Waals surface area (Å²) in [4.78, 5) is 12.2. The van der Waals surface area contributed by atoms with E-state index in [2.05, 4.69) is 11.4 Å². The quantitative estimate of drug-likeness (QED) is 0.778. The molecule has 4 heteroatoms. The van der Waals surface area contributed by atoms with Gasteiger partial charge in [0.15, 0.2) is 6.10 Å². The fourth-order valence-electron chi connectivity index (χ4n) is 2.52. The van der Waals surface area contributed by atoms with E-state index in [1.807, 2.05) is 58.0 Å². The number of hydrogen-bond acceptors (Lipinski definition) is 3. The number of carbonyl (C=O) groups is 1. The van der Waals surface area contributed by atoms with E-state index in [9.17, 15) is 4.79 Å². The van der Waals surface area contributed by atoms with Gasteiger partial charge in [0.05, 0.1) is 6.54 Å². The Labute approximate surface area is 150 Å². The van der Waals surface area contributed by atoms with E-state index < -0.39 is 6.10 Å². The highest BCUT2D eigenvalue weighted by Gasteiger charge is 2.15. The molecule has 0 aliphatic rings. The van der Waals surface area contributed by atoms with Gasteiger partial charge >= 0.3 is 0 Å².